The molecule has 3 rings (SSSR count). The molecule has 0 unspecified atom stereocenters. The Hall–Kier alpha value is -3.41. The van der Waals surface area contributed by atoms with E-state index in [1.165, 1.54) is 0 Å². The lowest BCUT2D eigenvalue weighted by Crippen LogP contribution is -2.13. The lowest BCUT2D eigenvalue weighted by Gasteiger charge is -2.15. The van der Waals surface area contributed by atoms with E-state index in [4.69, 9.17) is 19.9 Å². The molecule has 0 saturated carbocycles. The van der Waals surface area contributed by atoms with Crippen LogP contribution in [0.25, 0.3) is 16.5 Å². The summed E-state index contributed by atoms with van der Waals surface area (Å²) in [6, 6.07) is 11.9. The van der Waals surface area contributed by atoms with Crippen LogP contribution < -0.4 is 19.9 Å². The number of rotatable bonds is 8. The number of ether oxygens (including phenoxy) is 3. The molecule has 1 amide bonds. The highest BCUT2D eigenvalue weighted by molar-refractivity contribution is 5.88. The van der Waals surface area contributed by atoms with Gasteiger partial charge in [0.25, 0.3) is 0 Å². The molecular weight excluding hydrogens is 356 g/mol. The zero-order valence-electron chi connectivity index (χ0n) is 16.3. The minimum Gasteiger partial charge on any atom is -0.493 e. The molecule has 0 aliphatic heterocycles. The van der Waals surface area contributed by atoms with Gasteiger partial charge in [-0.1, -0.05) is 12.6 Å². The smallest absolute Gasteiger partial charge is 0.219 e. The summed E-state index contributed by atoms with van der Waals surface area (Å²) in [6.45, 7) is 4.82. The molecule has 6 nitrogen and oxygen atoms in total. The van der Waals surface area contributed by atoms with Crippen molar-refractivity contribution in [2.75, 3.05) is 21.3 Å². The van der Waals surface area contributed by atoms with Crippen molar-refractivity contribution in [1.29, 1.82) is 0 Å². The van der Waals surface area contributed by atoms with Crippen LogP contribution in [0.4, 0.5) is 0 Å². The summed E-state index contributed by atoms with van der Waals surface area (Å²) in [5.41, 5.74) is 9.00. The lowest BCUT2D eigenvalue weighted by atomic mass is 9.97. The van der Waals surface area contributed by atoms with Crippen LogP contribution in [0.1, 0.15) is 17.5 Å². The van der Waals surface area contributed by atoms with Crippen molar-refractivity contribution in [3.63, 3.8) is 0 Å². The van der Waals surface area contributed by atoms with Gasteiger partial charge in [0, 0.05) is 30.1 Å². The first-order chi connectivity index (χ1) is 13.5. The van der Waals surface area contributed by atoms with E-state index in [2.05, 4.69) is 12.6 Å². The third-order valence-corrected chi connectivity index (χ3v) is 4.73. The second-order valence-electron chi connectivity index (χ2n) is 6.39. The summed E-state index contributed by atoms with van der Waals surface area (Å²) in [5.74, 6) is 1.39. The number of hydrogen-bond acceptors (Lipinski definition) is 4. The summed E-state index contributed by atoms with van der Waals surface area (Å²) in [6.07, 6.45) is 2.27. The second kappa shape index (κ2) is 8.08. The van der Waals surface area contributed by atoms with Gasteiger partial charge in [-0.3, -0.25) is 4.79 Å². The van der Waals surface area contributed by atoms with Crippen LogP contribution in [-0.2, 0) is 11.3 Å². The van der Waals surface area contributed by atoms with Gasteiger partial charge in [0.2, 0.25) is 11.7 Å². The normalized spacial score (nSPS) is 10.7. The highest BCUT2D eigenvalue weighted by Crippen LogP contribution is 2.40. The fourth-order valence-corrected chi connectivity index (χ4v) is 3.24. The summed E-state index contributed by atoms with van der Waals surface area (Å²) < 4.78 is 18.3. The molecule has 0 spiro atoms. The number of benzene rings is 2. The summed E-state index contributed by atoms with van der Waals surface area (Å²) >= 11 is 0. The number of aromatic nitrogens is 1. The summed E-state index contributed by atoms with van der Waals surface area (Å²) in [7, 11) is 4.75. The fourth-order valence-electron chi connectivity index (χ4n) is 3.24. The first kappa shape index (κ1) is 19.4. The molecule has 1 aromatic heterocycles. The first-order valence-corrected chi connectivity index (χ1v) is 8.85. The fraction of sp³-hybridized carbons (Fsp3) is 0.227. The Morgan fingerprint density at radius 1 is 1.00 bits per heavy atom. The maximum Gasteiger partial charge on any atom is 0.219 e. The third kappa shape index (κ3) is 3.67. The molecule has 3 aromatic rings. The molecule has 146 valence electrons. The van der Waals surface area contributed by atoms with Crippen LogP contribution in [0.15, 0.2) is 49.2 Å². The molecule has 0 aliphatic carbocycles. The Balaban J connectivity index is 1.96. The predicted octanol–water partition coefficient (Wildman–Crippen LogP) is 3.60. The van der Waals surface area contributed by atoms with Crippen molar-refractivity contribution in [2.45, 2.75) is 13.0 Å². The molecule has 1 heterocycles. The van der Waals surface area contributed by atoms with E-state index in [0.29, 0.717) is 30.2 Å². The van der Waals surface area contributed by atoms with Crippen LogP contribution >= 0.6 is 0 Å². The number of carbonyl (C=O) groups excluding carboxylic acids is 1. The minimum absolute atomic E-state index is 0.309. The number of methoxy groups -OCH3 is 3. The van der Waals surface area contributed by atoms with E-state index >= 15 is 0 Å². The second-order valence-corrected chi connectivity index (χ2v) is 6.39. The van der Waals surface area contributed by atoms with Crippen LogP contribution in [0.5, 0.6) is 17.2 Å². The van der Waals surface area contributed by atoms with Gasteiger partial charge < -0.3 is 24.5 Å². The average Bonchev–Trinajstić information content (AvgIpc) is 3.12. The Kier molecular flexibility index (Phi) is 5.59. The Labute approximate surface area is 164 Å². The van der Waals surface area contributed by atoms with Crippen molar-refractivity contribution < 1.29 is 19.0 Å². The number of nitrogens with zero attached hydrogens (tertiary/aromatic N) is 1. The molecule has 0 aliphatic rings. The molecule has 0 atom stereocenters. The van der Waals surface area contributed by atoms with Crippen molar-refractivity contribution in [1.82, 2.24) is 4.57 Å². The standard InChI is InChI=1S/C22H24N2O4/c1-14(17-12-19(26-2)22(28-4)20(13-17)27-3)15-5-6-18-16(11-15)7-9-24(18)10-8-21(23)25/h5-7,9,11-13H,1,8,10H2,2-4H3,(H2,23,25). The number of carbonyl (C=O) groups is 1. The van der Waals surface area contributed by atoms with Gasteiger partial charge in [-0.25, -0.2) is 0 Å². The van der Waals surface area contributed by atoms with Crippen molar-refractivity contribution in [2.24, 2.45) is 5.73 Å². The van der Waals surface area contributed by atoms with Crippen molar-refractivity contribution in [3.8, 4) is 17.2 Å². The molecule has 0 saturated heterocycles. The summed E-state index contributed by atoms with van der Waals surface area (Å²) in [5, 5.41) is 1.07. The van der Waals surface area contributed by atoms with Gasteiger partial charge in [-0.2, -0.15) is 0 Å². The zero-order valence-corrected chi connectivity index (χ0v) is 16.3. The number of hydrogen-bond donors (Lipinski definition) is 1. The molecule has 0 radical (unpaired) electrons. The molecule has 2 N–H and O–H groups in total. The van der Waals surface area contributed by atoms with Gasteiger partial charge in [-0.15, -0.1) is 0 Å². The average molecular weight is 380 g/mol. The molecule has 28 heavy (non-hydrogen) atoms. The van der Waals surface area contributed by atoms with Crippen molar-refractivity contribution >= 4 is 22.4 Å². The number of nitrogens with two attached hydrogens (primary N) is 1. The Morgan fingerprint density at radius 3 is 2.25 bits per heavy atom. The zero-order chi connectivity index (χ0) is 20.3. The predicted molar refractivity (Wildman–Crippen MR) is 110 cm³/mol. The van der Waals surface area contributed by atoms with Gasteiger partial charge in [-0.05, 0) is 47.0 Å². The summed E-state index contributed by atoms with van der Waals surface area (Å²) in [4.78, 5) is 11.0. The highest BCUT2D eigenvalue weighted by atomic mass is 16.5. The number of fused-ring (bicyclic) bond motifs is 1. The monoisotopic (exact) mass is 380 g/mol. The van der Waals surface area contributed by atoms with Crippen LogP contribution in [0, 0.1) is 0 Å². The Bertz CT molecular complexity index is 1010. The maximum atomic E-state index is 11.0. The van der Waals surface area contributed by atoms with Gasteiger partial charge in [0.05, 0.1) is 21.3 Å². The molecule has 6 heteroatoms. The Morgan fingerprint density at radius 2 is 1.68 bits per heavy atom. The highest BCUT2D eigenvalue weighted by Gasteiger charge is 2.15. The quantitative estimate of drug-likeness (QED) is 0.648. The SMILES string of the molecule is C=C(c1cc(OC)c(OC)c(OC)c1)c1ccc2c(ccn2CCC(N)=O)c1. The van der Waals surface area contributed by atoms with Gasteiger partial charge >= 0.3 is 0 Å². The van der Waals surface area contributed by atoms with E-state index in [-0.39, 0.29) is 5.91 Å². The van der Waals surface area contributed by atoms with Crippen LogP contribution in [0.2, 0.25) is 0 Å². The number of primary amides is 1. The number of amides is 1. The van der Waals surface area contributed by atoms with E-state index in [1.54, 1.807) is 21.3 Å². The van der Waals surface area contributed by atoms with Crippen LogP contribution in [0.3, 0.4) is 0 Å². The minimum atomic E-state index is -0.311. The molecular formula is C22H24N2O4. The molecule has 2 aromatic carbocycles. The van der Waals surface area contributed by atoms with Gasteiger partial charge in [0.15, 0.2) is 11.5 Å². The van der Waals surface area contributed by atoms with Crippen molar-refractivity contribution in [3.05, 3.63) is 60.3 Å². The van der Waals surface area contributed by atoms with E-state index in [0.717, 1.165) is 27.6 Å². The topological polar surface area (TPSA) is 75.7 Å². The molecule has 0 bridgehead atoms. The number of aryl methyl sites for hydroxylation is 1. The first-order valence-electron chi connectivity index (χ1n) is 8.85. The van der Waals surface area contributed by atoms with Crippen LogP contribution in [-0.4, -0.2) is 31.8 Å². The van der Waals surface area contributed by atoms with E-state index in [1.807, 2.05) is 41.1 Å². The third-order valence-electron chi connectivity index (χ3n) is 4.73. The van der Waals surface area contributed by atoms with E-state index in [9.17, 15) is 4.79 Å². The largest absolute Gasteiger partial charge is 0.493 e. The maximum absolute atomic E-state index is 11.0. The van der Waals surface area contributed by atoms with E-state index < -0.39 is 0 Å². The molecule has 0 fully saturated rings. The lowest BCUT2D eigenvalue weighted by molar-refractivity contribution is -0.118. The van der Waals surface area contributed by atoms with Gasteiger partial charge in [0.1, 0.15) is 0 Å².